The van der Waals surface area contributed by atoms with Crippen molar-refractivity contribution >= 4 is 11.9 Å². The zero-order valence-corrected chi connectivity index (χ0v) is 15.4. The van der Waals surface area contributed by atoms with Gasteiger partial charge in [-0.25, -0.2) is 9.97 Å². The molecule has 1 saturated heterocycles. The van der Waals surface area contributed by atoms with E-state index < -0.39 is 0 Å². The van der Waals surface area contributed by atoms with Gasteiger partial charge in [0.05, 0.1) is 13.2 Å². The Balaban J connectivity index is 1.68. The Morgan fingerprint density at radius 3 is 2.60 bits per heavy atom. The van der Waals surface area contributed by atoms with E-state index in [0.29, 0.717) is 6.61 Å². The van der Waals surface area contributed by atoms with Crippen LogP contribution >= 0.6 is 0 Å². The van der Waals surface area contributed by atoms with Crippen LogP contribution in [0.25, 0.3) is 0 Å². The predicted molar refractivity (Wildman–Crippen MR) is 101 cm³/mol. The first kappa shape index (κ1) is 19.4. The minimum Gasteiger partial charge on any atom is -0.380 e. The summed E-state index contributed by atoms with van der Waals surface area (Å²) in [5.41, 5.74) is 0. The van der Waals surface area contributed by atoms with Crippen LogP contribution in [-0.2, 0) is 4.74 Å². The molecule has 1 aliphatic heterocycles. The second-order valence-corrected chi connectivity index (χ2v) is 5.76. The number of anilines is 1. The highest BCUT2D eigenvalue weighted by molar-refractivity contribution is 5.79. The molecule has 2 N–H and O–H groups in total. The third kappa shape index (κ3) is 7.23. The number of ether oxygens (including phenoxy) is 1. The van der Waals surface area contributed by atoms with E-state index in [9.17, 15) is 0 Å². The molecule has 8 nitrogen and oxygen atoms in total. The summed E-state index contributed by atoms with van der Waals surface area (Å²) >= 11 is 0. The number of hydrogen-bond donors (Lipinski definition) is 2. The van der Waals surface area contributed by atoms with Gasteiger partial charge in [-0.2, -0.15) is 0 Å². The zero-order valence-electron chi connectivity index (χ0n) is 15.4. The lowest BCUT2D eigenvalue weighted by Crippen LogP contribution is -2.48. The molecule has 0 aromatic carbocycles. The number of rotatable bonds is 9. The monoisotopic (exact) mass is 349 g/mol. The van der Waals surface area contributed by atoms with E-state index in [-0.39, 0.29) is 0 Å². The van der Waals surface area contributed by atoms with Crippen LogP contribution in [0, 0.1) is 0 Å². The maximum Gasteiger partial charge on any atom is 0.225 e. The van der Waals surface area contributed by atoms with Crippen molar-refractivity contribution < 1.29 is 4.74 Å². The van der Waals surface area contributed by atoms with E-state index in [1.165, 1.54) is 0 Å². The molecule has 2 rings (SSSR count). The summed E-state index contributed by atoms with van der Waals surface area (Å²) < 4.78 is 5.34. The fourth-order valence-electron chi connectivity index (χ4n) is 2.66. The molecular weight excluding hydrogens is 318 g/mol. The molecule has 0 saturated carbocycles. The predicted octanol–water partition coefficient (Wildman–Crippen LogP) is 0.190. The Kier molecular flexibility index (Phi) is 9.00. The van der Waals surface area contributed by atoms with E-state index in [0.717, 1.165) is 70.9 Å². The summed E-state index contributed by atoms with van der Waals surface area (Å²) in [6.07, 6.45) is 3.59. The van der Waals surface area contributed by atoms with Gasteiger partial charge >= 0.3 is 0 Å². The van der Waals surface area contributed by atoms with Crippen molar-refractivity contribution in [3.8, 4) is 0 Å². The quantitative estimate of drug-likeness (QED) is 0.374. The van der Waals surface area contributed by atoms with Crippen LogP contribution < -0.4 is 15.5 Å². The van der Waals surface area contributed by atoms with Gasteiger partial charge in [-0.1, -0.05) is 0 Å². The molecule has 140 valence electrons. The maximum atomic E-state index is 5.34. The first-order chi connectivity index (χ1) is 12.3. The maximum absolute atomic E-state index is 5.34. The highest BCUT2D eigenvalue weighted by Crippen LogP contribution is 2.09. The van der Waals surface area contributed by atoms with Crippen LogP contribution in [0.1, 0.15) is 13.8 Å². The Bertz CT molecular complexity index is 489. The van der Waals surface area contributed by atoms with Crippen LogP contribution in [0.2, 0.25) is 0 Å². The van der Waals surface area contributed by atoms with Crippen LogP contribution in [0.5, 0.6) is 0 Å². The first-order valence-electron chi connectivity index (χ1n) is 9.17. The summed E-state index contributed by atoms with van der Waals surface area (Å²) in [5, 5.41) is 6.56. The Morgan fingerprint density at radius 2 is 1.92 bits per heavy atom. The van der Waals surface area contributed by atoms with Crippen molar-refractivity contribution in [3.63, 3.8) is 0 Å². The van der Waals surface area contributed by atoms with Crippen LogP contribution in [0.4, 0.5) is 5.95 Å². The van der Waals surface area contributed by atoms with E-state index in [4.69, 9.17) is 4.74 Å². The van der Waals surface area contributed by atoms with Gasteiger partial charge in [-0.05, 0) is 19.9 Å². The van der Waals surface area contributed by atoms with Gasteiger partial charge in [0.1, 0.15) is 0 Å². The lowest BCUT2D eigenvalue weighted by atomic mass is 10.3. The summed E-state index contributed by atoms with van der Waals surface area (Å²) in [4.78, 5) is 18.0. The van der Waals surface area contributed by atoms with Gasteiger partial charge in [0.2, 0.25) is 5.95 Å². The average Bonchev–Trinajstić information content (AvgIpc) is 2.66. The number of guanidine groups is 1. The normalized spacial score (nSPS) is 16.1. The molecule has 0 atom stereocenters. The molecule has 0 amide bonds. The molecule has 0 unspecified atom stereocenters. The zero-order chi connectivity index (χ0) is 17.7. The van der Waals surface area contributed by atoms with E-state index in [2.05, 4.69) is 42.3 Å². The molecule has 1 aromatic rings. The summed E-state index contributed by atoms with van der Waals surface area (Å²) in [6, 6.07) is 1.85. The van der Waals surface area contributed by atoms with Crippen molar-refractivity contribution in [1.29, 1.82) is 0 Å². The highest BCUT2D eigenvalue weighted by atomic mass is 16.5. The lowest BCUT2D eigenvalue weighted by Gasteiger charge is -2.34. The van der Waals surface area contributed by atoms with Crippen molar-refractivity contribution in [2.45, 2.75) is 13.8 Å². The Labute approximate surface area is 150 Å². The van der Waals surface area contributed by atoms with Crippen molar-refractivity contribution in [2.24, 2.45) is 4.99 Å². The summed E-state index contributed by atoms with van der Waals surface area (Å²) in [6.45, 7) is 12.8. The van der Waals surface area contributed by atoms with Gasteiger partial charge in [-0.15, -0.1) is 0 Å². The van der Waals surface area contributed by atoms with Gasteiger partial charge < -0.3 is 20.3 Å². The van der Waals surface area contributed by atoms with Gasteiger partial charge in [0.15, 0.2) is 5.96 Å². The lowest BCUT2D eigenvalue weighted by molar-refractivity contribution is 0.152. The molecule has 1 aromatic heterocycles. The van der Waals surface area contributed by atoms with Gasteiger partial charge in [-0.3, -0.25) is 9.89 Å². The van der Waals surface area contributed by atoms with E-state index >= 15 is 0 Å². The third-order valence-corrected chi connectivity index (χ3v) is 3.98. The molecule has 0 bridgehead atoms. The third-order valence-electron chi connectivity index (χ3n) is 3.98. The molecular formula is C17H31N7O. The number of aromatic nitrogens is 2. The molecule has 1 aliphatic rings. The second-order valence-electron chi connectivity index (χ2n) is 5.76. The van der Waals surface area contributed by atoms with Gasteiger partial charge in [0.25, 0.3) is 0 Å². The number of aliphatic imine (C=N–C) groups is 1. The van der Waals surface area contributed by atoms with Gasteiger partial charge in [0, 0.05) is 64.8 Å². The molecule has 0 spiro atoms. The number of hydrogen-bond acceptors (Lipinski definition) is 6. The van der Waals surface area contributed by atoms with E-state index in [1.54, 1.807) is 12.4 Å². The van der Waals surface area contributed by atoms with Crippen LogP contribution in [0.3, 0.4) is 0 Å². The van der Waals surface area contributed by atoms with Crippen molar-refractivity contribution in [3.05, 3.63) is 18.5 Å². The summed E-state index contributed by atoms with van der Waals surface area (Å²) in [5.74, 6) is 1.69. The molecule has 0 radical (unpaired) electrons. The largest absolute Gasteiger partial charge is 0.380 e. The van der Waals surface area contributed by atoms with Crippen LogP contribution in [0.15, 0.2) is 23.5 Å². The minimum absolute atomic E-state index is 0.699. The molecule has 8 heteroatoms. The minimum atomic E-state index is 0.699. The molecule has 25 heavy (non-hydrogen) atoms. The standard InChI is InChI=1S/C17H31N7O/c1-3-18-16(20-9-15-25-4-2)19-8-10-23-11-13-24(14-12-23)17-21-6-5-7-22-17/h5-7H,3-4,8-15H2,1-2H3,(H2,18,19,20). The fraction of sp³-hybridized carbons (Fsp3) is 0.706. The highest BCUT2D eigenvalue weighted by Gasteiger charge is 2.18. The Morgan fingerprint density at radius 1 is 1.16 bits per heavy atom. The number of nitrogens with zero attached hydrogens (tertiary/aromatic N) is 5. The Hall–Kier alpha value is -1.93. The SMILES string of the molecule is CCNC(=NCCN1CCN(c2ncccn2)CC1)NCCOCC. The van der Waals surface area contributed by atoms with Crippen molar-refractivity contribution in [1.82, 2.24) is 25.5 Å². The smallest absolute Gasteiger partial charge is 0.225 e. The molecule has 1 fully saturated rings. The second kappa shape index (κ2) is 11.6. The number of piperazine rings is 1. The van der Waals surface area contributed by atoms with Crippen LogP contribution in [-0.4, -0.2) is 86.4 Å². The molecule has 2 heterocycles. The average molecular weight is 349 g/mol. The van der Waals surface area contributed by atoms with Crippen molar-refractivity contribution in [2.75, 3.05) is 70.5 Å². The first-order valence-corrected chi connectivity index (χ1v) is 9.17. The number of nitrogens with one attached hydrogen (secondary N) is 2. The fourth-order valence-corrected chi connectivity index (χ4v) is 2.66. The summed E-state index contributed by atoms with van der Waals surface area (Å²) in [7, 11) is 0. The van der Waals surface area contributed by atoms with E-state index in [1.807, 2.05) is 13.0 Å². The topological polar surface area (TPSA) is 77.9 Å². The molecule has 0 aliphatic carbocycles.